The van der Waals surface area contributed by atoms with Crippen molar-refractivity contribution in [3.05, 3.63) is 36.4 Å². The highest BCUT2D eigenvalue weighted by atomic mass is 16.5. The predicted octanol–water partition coefficient (Wildman–Crippen LogP) is 2.34. The molecule has 8 nitrogen and oxygen atoms in total. The van der Waals surface area contributed by atoms with Gasteiger partial charge in [-0.3, -0.25) is 9.89 Å². The molecule has 1 saturated heterocycles. The zero-order chi connectivity index (χ0) is 20.3. The summed E-state index contributed by atoms with van der Waals surface area (Å²) >= 11 is 0. The minimum atomic E-state index is -0.147. The van der Waals surface area contributed by atoms with Crippen LogP contribution in [0.3, 0.4) is 0 Å². The molecule has 1 amide bonds. The molecule has 1 fully saturated rings. The average molecular weight is 408 g/mol. The number of hydrogen-bond acceptors (Lipinski definition) is 6. The number of aromatic amines is 1. The maximum absolute atomic E-state index is 12.1. The van der Waals surface area contributed by atoms with E-state index in [1.54, 1.807) is 0 Å². The molecule has 4 bridgehead atoms. The van der Waals surface area contributed by atoms with E-state index in [-0.39, 0.29) is 12.5 Å². The van der Waals surface area contributed by atoms with Crippen molar-refractivity contribution in [2.75, 3.05) is 51.0 Å². The van der Waals surface area contributed by atoms with Crippen molar-refractivity contribution in [2.24, 2.45) is 0 Å². The molecule has 0 radical (unpaired) electrons. The monoisotopic (exact) mass is 408 g/mol. The van der Waals surface area contributed by atoms with E-state index in [4.69, 9.17) is 14.2 Å². The summed E-state index contributed by atoms with van der Waals surface area (Å²) in [5.41, 5.74) is 3.72. The lowest BCUT2D eigenvalue weighted by Gasteiger charge is -2.29. The number of ether oxygens (including phenoxy) is 3. The van der Waals surface area contributed by atoms with Gasteiger partial charge in [0.25, 0.3) is 5.91 Å². The van der Waals surface area contributed by atoms with E-state index in [2.05, 4.69) is 26.5 Å². The number of anilines is 1. The third-order valence-corrected chi connectivity index (χ3v) is 5.36. The first-order chi connectivity index (χ1) is 14.8. The van der Waals surface area contributed by atoms with Crippen molar-refractivity contribution >= 4 is 22.5 Å². The molecular weight excluding hydrogens is 384 g/mol. The summed E-state index contributed by atoms with van der Waals surface area (Å²) in [5.74, 6) is 1.28. The van der Waals surface area contributed by atoms with E-state index in [0.29, 0.717) is 32.1 Å². The van der Waals surface area contributed by atoms with Gasteiger partial charge in [-0.25, -0.2) is 0 Å². The Kier molecular flexibility index (Phi) is 5.15. The maximum Gasteiger partial charge on any atom is 0.257 e. The Balaban J connectivity index is 1.60. The third-order valence-electron chi connectivity index (χ3n) is 5.36. The molecule has 30 heavy (non-hydrogen) atoms. The lowest BCUT2D eigenvalue weighted by molar-refractivity contribution is -0.123. The fraction of sp³-hybridized carbons (Fsp3) is 0.364. The zero-order valence-electron chi connectivity index (χ0n) is 16.6. The van der Waals surface area contributed by atoms with Crippen LogP contribution in [0.4, 0.5) is 5.69 Å². The highest BCUT2D eigenvalue weighted by Gasteiger charge is 2.17. The van der Waals surface area contributed by atoms with Gasteiger partial charge in [-0.05, 0) is 36.8 Å². The molecule has 0 atom stereocenters. The number of rotatable bonds is 1. The van der Waals surface area contributed by atoms with Crippen LogP contribution in [-0.2, 0) is 9.53 Å². The van der Waals surface area contributed by atoms with E-state index in [9.17, 15) is 4.79 Å². The van der Waals surface area contributed by atoms with Gasteiger partial charge in [0, 0.05) is 42.3 Å². The van der Waals surface area contributed by atoms with E-state index in [0.717, 1.165) is 53.1 Å². The van der Waals surface area contributed by atoms with Crippen LogP contribution in [0.5, 0.6) is 11.5 Å². The van der Waals surface area contributed by atoms with E-state index in [1.807, 2.05) is 30.3 Å². The second-order valence-electron chi connectivity index (χ2n) is 7.44. The molecule has 2 N–H and O–H groups in total. The molecule has 2 aromatic carbocycles. The van der Waals surface area contributed by atoms with Crippen LogP contribution in [0, 0.1) is 0 Å². The number of hydrogen-bond donors (Lipinski definition) is 2. The maximum atomic E-state index is 12.1. The number of carbonyl (C=O) groups excluding carboxylic acids is 1. The minimum Gasteiger partial charge on any atom is -0.494 e. The molecular formula is C22H24N4O4. The first-order valence-electron chi connectivity index (χ1n) is 10.2. The quantitative estimate of drug-likeness (QED) is 0.643. The molecule has 2 aliphatic heterocycles. The molecule has 156 valence electrons. The van der Waals surface area contributed by atoms with Crippen molar-refractivity contribution in [1.82, 2.24) is 15.5 Å². The van der Waals surface area contributed by atoms with Crippen LogP contribution in [0.15, 0.2) is 36.4 Å². The van der Waals surface area contributed by atoms with Gasteiger partial charge in [-0.1, -0.05) is 0 Å². The molecule has 0 unspecified atom stereocenters. The van der Waals surface area contributed by atoms with E-state index >= 15 is 0 Å². The van der Waals surface area contributed by atoms with Crippen LogP contribution in [0.25, 0.3) is 22.2 Å². The molecule has 5 rings (SSSR count). The lowest BCUT2D eigenvalue weighted by atomic mass is 10.1. The van der Waals surface area contributed by atoms with Crippen LogP contribution in [-0.4, -0.2) is 62.2 Å². The van der Waals surface area contributed by atoms with Crippen LogP contribution in [0.2, 0.25) is 0 Å². The highest BCUT2D eigenvalue weighted by Crippen LogP contribution is 2.35. The number of H-pyrrole nitrogens is 1. The first-order valence-corrected chi connectivity index (χ1v) is 10.2. The molecule has 1 aromatic heterocycles. The van der Waals surface area contributed by atoms with Crippen molar-refractivity contribution in [1.29, 1.82) is 0 Å². The highest BCUT2D eigenvalue weighted by molar-refractivity contribution is 5.94. The Bertz CT molecular complexity index is 1060. The smallest absolute Gasteiger partial charge is 0.257 e. The third kappa shape index (κ3) is 3.91. The second kappa shape index (κ2) is 8.23. The van der Waals surface area contributed by atoms with Crippen molar-refractivity contribution < 1.29 is 19.0 Å². The van der Waals surface area contributed by atoms with Crippen molar-refractivity contribution in [3.63, 3.8) is 0 Å². The summed E-state index contributed by atoms with van der Waals surface area (Å²) in [5, 5.41) is 11.5. The number of amides is 1. The number of fused-ring (bicyclic) bond motifs is 4. The Labute approximate surface area is 174 Å². The first kappa shape index (κ1) is 18.7. The molecule has 8 heteroatoms. The van der Waals surface area contributed by atoms with Crippen LogP contribution >= 0.6 is 0 Å². The Morgan fingerprint density at radius 1 is 0.967 bits per heavy atom. The SMILES string of the molecule is O=C1COc2cc(cc(N3CCOCC3)c2)-c2n[nH]c3ccc(cc23)OCCCN1. The lowest BCUT2D eigenvalue weighted by Crippen LogP contribution is -2.36. The van der Waals surface area contributed by atoms with Gasteiger partial charge in [0.15, 0.2) is 6.61 Å². The zero-order valence-corrected chi connectivity index (χ0v) is 16.6. The summed E-state index contributed by atoms with van der Waals surface area (Å²) in [7, 11) is 0. The number of nitrogens with zero attached hydrogens (tertiary/aromatic N) is 2. The van der Waals surface area contributed by atoms with Gasteiger partial charge in [-0.15, -0.1) is 0 Å². The van der Waals surface area contributed by atoms with Gasteiger partial charge in [-0.2, -0.15) is 5.10 Å². The minimum absolute atomic E-state index is 0.0312. The topological polar surface area (TPSA) is 88.7 Å². The largest absolute Gasteiger partial charge is 0.494 e. The Hall–Kier alpha value is -3.26. The van der Waals surface area contributed by atoms with Gasteiger partial charge in [0.2, 0.25) is 0 Å². The number of aromatic nitrogens is 2. The van der Waals surface area contributed by atoms with Gasteiger partial charge in [0.1, 0.15) is 17.2 Å². The van der Waals surface area contributed by atoms with Gasteiger partial charge in [0.05, 0.1) is 25.3 Å². The summed E-state index contributed by atoms with van der Waals surface area (Å²) < 4.78 is 17.2. The summed E-state index contributed by atoms with van der Waals surface area (Å²) in [4.78, 5) is 14.4. The number of morpholine rings is 1. The van der Waals surface area contributed by atoms with Crippen LogP contribution < -0.4 is 19.7 Å². The van der Waals surface area contributed by atoms with E-state index in [1.165, 1.54) is 0 Å². The van der Waals surface area contributed by atoms with Gasteiger partial charge < -0.3 is 24.4 Å². The second-order valence-corrected chi connectivity index (χ2v) is 7.44. The summed E-state index contributed by atoms with van der Waals surface area (Å²) in [6.45, 7) is 4.03. The molecule has 2 aliphatic rings. The molecule has 3 aromatic rings. The van der Waals surface area contributed by atoms with Gasteiger partial charge >= 0.3 is 0 Å². The van der Waals surface area contributed by atoms with E-state index < -0.39 is 0 Å². The normalized spacial score (nSPS) is 17.6. The fourth-order valence-corrected chi connectivity index (χ4v) is 3.80. The number of nitrogens with one attached hydrogen (secondary N) is 2. The summed E-state index contributed by atoms with van der Waals surface area (Å²) in [6, 6.07) is 11.9. The summed E-state index contributed by atoms with van der Waals surface area (Å²) in [6.07, 6.45) is 0.719. The molecule has 0 aliphatic carbocycles. The standard InChI is InChI=1S/C22H24N4O4/c27-21-14-30-18-11-15(10-16(12-18)26-5-8-28-9-6-26)22-19-13-17(29-7-1-4-23-21)2-3-20(19)24-25-22/h2-3,10-13H,1,4-9,14H2,(H,23,27)(H,24,25). The molecule has 0 saturated carbocycles. The van der Waals surface area contributed by atoms with Crippen molar-refractivity contribution in [3.8, 4) is 22.8 Å². The van der Waals surface area contributed by atoms with Crippen molar-refractivity contribution in [2.45, 2.75) is 6.42 Å². The number of carbonyl (C=O) groups is 1. The molecule has 3 heterocycles. The Morgan fingerprint density at radius 3 is 2.77 bits per heavy atom. The Morgan fingerprint density at radius 2 is 1.87 bits per heavy atom. The molecule has 0 spiro atoms. The van der Waals surface area contributed by atoms with Crippen LogP contribution in [0.1, 0.15) is 6.42 Å². The average Bonchev–Trinajstić information content (AvgIpc) is 3.21. The number of benzene rings is 2. The fourth-order valence-electron chi connectivity index (χ4n) is 3.80. The predicted molar refractivity (Wildman–Crippen MR) is 113 cm³/mol.